The van der Waals surface area contributed by atoms with Crippen LogP contribution in [0.5, 0.6) is 5.75 Å². The van der Waals surface area contributed by atoms with E-state index in [2.05, 4.69) is 12.1 Å². The first kappa shape index (κ1) is 19.3. The highest BCUT2D eigenvalue weighted by Gasteiger charge is 2.21. The molecule has 0 spiro atoms. The lowest BCUT2D eigenvalue weighted by atomic mass is 10.1. The lowest BCUT2D eigenvalue weighted by Gasteiger charge is -2.25. The molecule has 0 fully saturated rings. The fourth-order valence-corrected chi connectivity index (χ4v) is 3.51. The predicted molar refractivity (Wildman–Crippen MR) is 104 cm³/mol. The molecule has 25 heavy (non-hydrogen) atoms. The van der Waals surface area contributed by atoms with Crippen LogP contribution in [-0.4, -0.2) is 42.8 Å². The smallest absolute Gasteiger partial charge is 0.235 e. The number of ether oxygens (including phenoxy) is 1. The summed E-state index contributed by atoms with van der Waals surface area (Å²) in [7, 11) is 1.64. The van der Waals surface area contributed by atoms with E-state index in [9.17, 15) is 4.79 Å². The first-order chi connectivity index (χ1) is 12.1. The number of hydrogen-bond acceptors (Lipinski definition) is 4. The molecule has 0 heterocycles. The number of carbonyl (C=O) groups excluding carboxylic acids is 1. The van der Waals surface area contributed by atoms with E-state index in [1.165, 1.54) is 5.56 Å². The highest BCUT2D eigenvalue weighted by atomic mass is 32.2. The second-order valence-corrected chi connectivity index (χ2v) is 7.20. The van der Waals surface area contributed by atoms with Gasteiger partial charge in [-0.2, -0.15) is 0 Å². The van der Waals surface area contributed by atoms with Gasteiger partial charge in [0.25, 0.3) is 0 Å². The summed E-state index contributed by atoms with van der Waals surface area (Å²) in [6, 6.07) is 18.0. The predicted octanol–water partition coefficient (Wildman–Crippen LogP) is 3.21. The third-order valence-corrected chi connectivity index (χ3v) is 5.04. The highest BCUT2D eigenvalue weighted by Crippen LogP contribution is 2.26. The number of methoxy groups -OCH3 is 1. The van der Waals surface area contributed by atoms with E-state index in [-0.39, 0.29) is 11.2 Å². The first-order valence-corrected chi connectivity index (χ1v) is 9.35. The molecule has 1 atom stereocenters. The van der Waals surface area contributed by atoms with Gasteiger partial charge in [0, 0.05) is 24.5 Å². The third-order valence-electron chi connectivity index (χ3n) is 3.94. The van der Waals surface area contributed by atoms with Gasteiger partial charge >= 0.3 is 0 Å². The molecular formula is C20H26N2O2S. The van der Waals surface area contributed by atoms with Gasteiger partial charge in [0.15, 0.2) is 0 Å². The molecule has 2 rings (SSSR count). The Hall–Kier alpha value is -1.98. The summed E-state index contributed by atoms with van der Waals surface area (Å²) in [5.41, 5.74) is 6.94. The van der Waals surface area contributed by atoms with Gasteiger partial charge in [-0.1, -0.05) is 30.3 Å². The Morgan fingerprint density at radius 3 is 2.40 bits per heavy atom. The number of hydrogen-bond donors (Lipinski definition) is 1. The molecule has 0 aliphatic heterocycles. The van der Waals surface area contributed by atoms with Crippen LogP contribution in [0.15, 0.2) is 59.5 Å². The standard InChI is InChI=1S/C20H26N2O2S/c1-16(25-19-10-8-18(24-2)9-11-19)20(23)22(15-13-21)14-12-17-6-4-3-5-7-17/h3-11,16H,12-15,21H2,1-2H3. The number of carbonyl (C=O) groups is 1. The molecule has 2 aromatic rings. The molecule has 0 bridgehead atoms. The summed E-state index contributed by atoms with van der Waals surface area (Å²) in [5, 5.41) is -0.157. The average Bonchev–Trinajstić information content (AvgIpc) is 2.66. The topological polar surface area (TPSA) is 55.6 Å². The molecule has 0 radical (unpaired) electrons. The van der Waals surface area contributed by atoms with Crippen molar-refractivity contribution < 1.29 is 9.53 Å². The second-order valence-electron chi connectivity index (χ2n) is 5.79. The van der Waals surface area contributed by atoms with Crippen molar-refractivity contribution in [1.82, 2.24) is 4.90 Å². The maximum Gasteiger partial charge on any atom is 0.235 e. The van der Waals surface area contributed by atoms with Crippen molar-refractivity contribution in [2.75, 3.05) is 26.7 Å². The zero-order valence-corrected chi connectivity index (χ0v) is 15.7. The molecule has 1 amide bonds. The Balaban J connectivity index is 1.94. The largest absolute Gasteiger partial charge is 0.497 e. The van der Waals surface area contributed by atoms with Crippen molar-refractivity contribution in [1.29, 1.82) is 0 Å². The fraction of sp³-hybridized carbons (Fsp3) is 0.350. The van der Waals surface area contributed by atoms with E-state index in [0.29, 0.717) is 19.6 Å². The van der Waals surface area contributed by atoms with Gasteiger partial charge in [-0.05, 0) is 43.2 Å². The lowest BCUT2D eigenvalue weighted by Crippen LogP contribution is -2.41. The maximum absolute atomic E-state index is 12.8. The van der Waals surface area contributed by atoms with E-state index in [0.717, 1.165) is 17.1 Å². The van der Waals surface area contributed by atoms with E-state index in [1.807, 2.05) is 54.3 Å². The van der Waals surface area contributed by atoms with Crippen molar-refractivity contribution >= 4 is 17.7 Å². The number of thioether (sulfide) groups is 1. The summed E-state index contributed by atoms with van der Waals surface area (Å²) in [5.74, 6) is 0.943. The average molecular weight is 359 g/mol. The molecule has 0 aliphatic carbocycles. The Morgan fingerprint density at radius 1 is 1.12 bits per heavy atom. The zero-order chi connectivity index (χ0) is 18.1. The Bertz CT molecular complexity index is 647. The lowest BCUT2D eigenvalue weighted by molar-refractivity contribution is -0.130. The summed E-state index contributed by atoms with van der Waals surface area (Å²) in [6.07, 6.45) is 0.840. The number of nitrogens with zero attached hydrogens (tertiary/aromatic N) is 1. The van der Waals surface area contributed by atoms with Crippen LogP contribution in [0.2, 0.25) is 0 Å². The van der Waals surface area contributed by atoms with E-state index < -0.39 is 0 Å². The summed E-state index contributed by atoms with van der Waals surface area (Å²) >= 11 is 1.56. The van der Waals surface area contributed by atoms with Crippen LogP contribution in [0, 0.1) is 0 Å². The quantitative estimate of drug-likeness (QED) is 0.700. The normalized spacial score (nSPS) is 11.8. The minimum atomic E-state index is -0.157. The van der Waals surface area contributed by atoms with Crippen LogP contribution in [0.3, 0.4) is 0 Å². The number of benzene rings is 2. The number of amides is 1. The monoisotopic (exact) mass is 358 g/mol. The van der Waals surface area contributed by atoms with Crippen LogP contribution < -0.4 is 10.5 Å². The molecule has 0 saturated heterocycles. The summed E-state index contributed by atoms with van der Waals surface area (Å²) in [4.78, 5) is 15.7. The van der Waals surface area contributed by atoms with Gasteiger partial charge in [-0.25, -0.2) is 0 Å². The van der Waals surface area contributed by atoms with Crippen molar-refractivity contribution in [2.45, 2.75) is 23.5 Å². The maximum atomic E-state index is 12.8. The molecule has 0 aromatic heterocycles. The van der Waals surface area contributed by atoms with Gasteiger partial charge in [0.1, 0.15) is 5.75 Å². The molecule has 5 heteroatoms. The van der Waals surface area contributed by atoms with E-state index >= 15 is 0 Å². The molecular weight excluding hydrogens is 332 g/mol. The minimum absolute atomic E-state index is 0.127. The van der Waals surface area contributed by atoms with Crippen molar-refractivity contribution in [2.24, 2.45) is 5.73 Å². The molecule has 0 aliphatic rings. The fourth-order valence-electron chi connectivity index (χ4n) is 2.56. The van der Waals surface area contributed by atoms with Crippen LogP contribution in [-0.2, 0) is 11.2 Å². The Labute approximate surface area is 154 Å². The van der Waals surface area contributed by atoms with E-state index in [1.54, 1.807) is 18.9 Å². The van der Waals surface area contributed by atoms with Gasteiger partial charge in [-0.15, -0.1) is 11.8 Å². The second kappa shape index (κ2) is 10.1. The summed E-state index contributed by atoms with van der Waals surface area (Å²) in [6.45, 7) is 3.69. The highest BCUT2D eigenvalue weighted by molar-refractivity contribution is 8.00. The third kappa shape index (κ3) is 6.11. The SMILES string of the molecule is COc1ccc(SC(C)C(=O)N(CCN)CCc2ccccc2)cc1. The van der Waals surface area contributed by atoms with Gasteiger partial charge < -0.3 is 15.4 Å². The molecule has 2 aromatic carbocycles. The van der Waals surface area contributed by atoms with Gasteiger partial charge in [-0.3, -0.25) is 4.79 Å². The zero-order valence-electron chi connectivity index (χ0n) is 14.9. The van der Waals surface area contributed by atoms with Gasteiger partial charge in [0.2, 0.25) is 5.91 Å². The van der Waals surface area contributed by atoms with Gasteiger partial charge in [0.05, 0.1) is 12.4 Å². The Kier molecular flexibility index (Phi) is 7.82. The van der Waals surface area contributed by atoms with Crippen molar-refractivity contribution in [3.63, 3.8) is 0 Å². The van der Waals surface area contributed by atoms with Crippen LogP contribution in [0.1, 0.15) is 12.5 Å². The Morgan fingerprint density at radius 2 is 1.80 bits per heavy atom. The summed E-state index contributed by atoms with van der Waals surface area (Å²) < 4.78 is 5.17. The van der Waals surface area contributed by atoms with Crippen molar-refractivity contribution in [3.05, 3.63) is 60.2 Å². The minimum Gasteiger partial charge on any atom is -0.497 e. The molecule has 1 unspecified atom stereocenters. The van der Waals surface area contributed by atoms with E-state index in [4.69, 9.17) is 10.5 Å². The van der Waals surface area contributed by atoms with Crippen LogP contribution >= 0.6 is 11.8 Å². The van der Waals surface area contributed by atoms with Crippen LogP contribution in [0.4, 0.5) is 0 Å². The number of rotatable bonds is 9. The molecule has 0 saturated carbocycles. The van der Waals surface area contributed by atoms with Crippen LogP contribution in [0.25, 0.3) is 0 Å². The van der Waals surface area contributed by atoms with Crippen molar-refractivity contribution in [3.8, 4) is 5.75 Å². The molecule has 4 nitrogen and oxygen atoms in total. The molecule has 2 N–H and O–H groups in total. The number of nitrogens with two attached hydrogens (primary N) is 1. The first-order valence-electron chi connectivity index (χ1n) is 8.47. The molecule has 134 valence electrons.